The Morgan fingerprint density at radius 2 is 1.86 bits per heavy atom. The van der Waals surface area contributed by atoms with Gasteiger partial charge in [0.2, 0.25) is 0 Å². The highest BCUT2D eigenvalue weighted by molar-refractivity contribution is 9.10. The Kier molecular flexibility index (Phi) is 7.96. The van der Waals surface area contributed by atoms with Gasteiger partial charge in [-0.2, -0.15) is 0 Å². The zero-order valence-corrected chi connectivity index (χ0v) is 22.1. The smallest absolute Gasteiger partial charge is 0.343 e. The second-order valence-electron chi connectivity index (χ2n) is 7.58. The second kappa shape index (κ2) is 11.2. The average Bonchev–Trinajstić information content (AvgIpc) is 3.13. The molecule has 0 aliphatic carbocycles. The first-order valence-corrected chi connectivity index (χ1v) is 12.5. The summed E-state index contributed by atoms with van der Waals surface area (Å²) in [5.74, 6) is -0.868. The first-order valence-electron chi connectivity index (χ1n) is 10.5. The van der Waals surface area contributed by atoms with Crippen LogP contribution >= 0.6 is 39.3 Å². The van der Waals surface area contributed by atoms with Crippen molar-refractivity contribution >= 4 is 68.2 Å². The molecule has 37 heavy (non-hydrogen) atoms. The number of halogens is 2. The second-order valence-corrected chi connectivity index (χ2v) is 9.87. The number of thioether (sulfide) groups is 1. The molecular weight excluding hydrogens is 588 g/mol. The van der Waals surface area contributed by atoms with Crippen LogP contribution in [0.15, 0.2) is 70.0 Å². The summed E-state index contributed by atoms with van der Waals surface area (Å²) in [7, 11) is 1.39. The van der Waals surface area contributed by atoms with E-state index in [4.69, 9.17) is 21.1 Å². The highest BCUT2D eigenvalue weighted by Gasteiger charge is 2.36. The van der Waals surface area contributed by atoms with Crippen molar-refractivity contribution in [3.05, 3.63) is 102 Å². The van der Waals surface area contributed by atoms with E-state index < -0.39 is 22.0 Å². The molecule has 0 radical (unpaired) electrons. The van der Waals surface area contributed by atoms with Gasteiger partial charge in [0.15, 0.2) is 11.5 Å². The number of esters is 1. The number of hydrogen-bond acceptors (Lipinski definition) is 8. The van der Waals surface area contributed by atoms with Gasteiger partial charge >= 0.3 is 5.97 Å². The zero-order valence-electron chi connectivity index (χ0n) is 19.0. The molecule has 9 nitrogen and oxygen atoms in total. The molecule has 0 atom stereocenters. The van der Waals surface area contributed by atoms with Crippen molar-refractivity contribution in [2.45, 2.75) is 6.54 Å². The molecule has 0 unspecified atom stereocenters. The number of nitrogens with zero attached hydrogens (tertiary/aromatic N) is 2. The van der Waals surface area contributed by atoms with Crippen LogP contribution in [0.2, 0.25) is 5.02 Å². The van der Waals surface area contributed by atoms with Crippen LogP contribution in [0.3, 0.4) is 0 Å². The predicted molar refractivity (Wildman–Crippen MR) is 142 cm³/mol. The first-order chi connectivity index (χ1) is 17.7. The van der Waals surface area contributed by atoms with Crippen LogP contribution in [-0.2, 0) is 11.3 Å². The molecule has 0 spiro atoms. The minimum atomic E-state index is -0.625. The summed E-state index contributed by atoms with van der Waals surface area (Å²) in [4.78, 5) is 49.9. The van der Waals surface area contributed by atoms with E-state index >= 15 is 0 Å². The Hall–Kier alpha value is -3.67. The average molecular weight is 604 g/mol. The van der Waals surface area contributed by atoms with E-state index in [2.05, 4.69) is 15.9 Å². The molecule has 0 aromatic heterocycles. The maximum Gasteiger partial charge on any atom is 0.343 e. The highest BCUT2D eigenvalue weighted by atomic mass is 79.9. The summed E-state index contributed by atoms with van der Waals surface area (Å²) in [6.45, 7) is -0.230. The Balaban J connectivity index is 1.57. The lowest BCUT2D eigenvalue weighted by molar-refractivity contribution is -0.385. The van der Waals surface area contributed by atoms with E-state index in [0.717, 1.165) is 16.7 Å². The summed E-state index contributed by atoms with van der Waals surface area (Å²) >= 11 is 9.95. The number of carbonyl (C=O) groups excluding carboxylic acids is 3. The molecule has 188 valence electrons. The molecule has 0 N–H and O–H groups in total. The number of nitro benzene ring substituents is 1. The number of ether oxygens (including phenoxy) is 2. The first kappa shape index (κ1) is 26.4. The zero-order chi connectivity index (χ0) is 26.7. The van der Waals surface area contributed by atoms with E-state index in [1.807, 2.05) is 0 Å². The standard InChI is InChI=1S/C25H16BrClN2O7S/c1-35-20-11-14(10-18(26)22(20)36-24(31)15-6-8-17(27)9-7-15)12-21-23(30)28(25(32)37-21)13-16-4-2-3-5-19(16)29(33)34/h2-12H,13H2,1H3/b21-12-. The molecule has 1 fully saturated rings. The van der Waals surface area contributed by atoms with E-state index in [-0.39, 0.29) is 39.8 Å². The third-order valence-electron chi connectivity index (χ3n) is 5.21. The molecule has 3 aromatic rings. The van der Waals surface area contributed by atoms with Crippen LogP contribution in [0.25, 0.3) is 6.08 Å². The summed E-state index contributed by atoms with van der Waals surface area (Å²) in [6.07, 6.45) is 1.49. The van der Waals surface area contributed by atoms with Crippen LogP contribution in [0, 0.1) is 10.1 Å². The van der Waals surface area contributed by atoms with Gasteiger partial charge in [-0.3, -0.25) is 24.6 Å². The lowest BCUT2D eigenvalue weighted by Gasteiger charge is -2.13. The molecule has 2 amide bonds. The number of rotatable bonds is 7. The fourth-order valence-electron chi connectivity index (χ4n) is 3.44. The van der Waals surface area contributed by atoms with Gasteiger partial charge in [0.05, 0.1) is 33.5 Å². The van der Waals surface area contributed by atoms with Gasteiger partial charge in [-0.05, 0) is 75.7 Å². The maximum absolute atomic E-state index is 13.0. The Morgan fingerprint density at radius 3 is 2.54 bits per heavy atom. The number of carbonyl (C=O) groups is 3. The number of hydrogen-bond donors (Lipinski definition) is 0. The molecule has 0 bridgehead atoms. The van der Waals surface area contributed by atoms with E-state index in [1.54, 1.807) is 30.3 Å². The number of para-hydroxylation sites is 1. The van der Waals surface area contributed by atoms with Gasteiger partial charge in [0.25, 0.3) is 16.8 Å². The molecule has 4 rings (SSSR count). The Morgan fingerprint density at radius 1 is 1.16 bits per heavy atom. The van der Waals surface area contributed by atoms with Gasteiger partial charge < -0.3 is 9.47 Å². The molecule has 3 aromatic carbocycles. The normalized spacial score (nSPS) is 14.2. The van der Waals surface area contributed by atoms with Crippen molar-refractivity contribution in [2.24, 2.45) is 0 Å². The van der Waals surface area contributed by atoms with Crippen molar-refractivity contribution in [2.75, 3.05) is 7.11 Å². The van der Waals surface area contributed by atoms with Crippen molar-refractivity contribution < 1.29 is 28.8 Å². The molecule has 0 saturated carbocycles. The fourth-order valence-corrected chi connectivity index (χ4v) is 4.95. The lowest BCUT2D eigenvalue weighted by Crippen LogP contribution is -2.27. The van der Waals surface area contributed by atoms with Crippen molar-refractivity contribution in [3.8, 4) is 11.5 Å². The quantitative estimate of drug-likeness (QED) is 0.0991. The van der Waals surface area contributed by atoms with Gasteiger partial charge in [-0.25, -0.2) is 4.79 Å². The monoisotopic (exact) mass is 602 g/mol. The van der Waals surface area contributed by atoms with Gasteiger partial charge in [-0.1, -0.05) is 29.8 Å². The number of benzene rings is 3. The summed E-state index contributed by atoms with van der Waals surface area (Å²) in [6, 6.07) is 15.3. The van der Waals surface area contributed by atoms with Crippen molar-refractivity contribution in [3.63, 3.8) is 0 Å². The van der Waals surface area contributed by atoms with Gasteiger partial charge in [0, 0.05) is 16.7 Å². The highest BCUT2D eigenvalue weighted by Crippen LogP contribution is 2.40. The van der Waals surface area contributed by atoms with Gasteiger partial charge in [0.1, 0.15) is 0 Å². The Bertz CT molecular complexity index is 1460. The van der Waals surface area contributed by atoms with E-state index in [9.17, 15) is 24.5 Å². The largest absolute Gasteiger partial charge is 0.493 e. The van der Waals surface area contributed by atoms with Crippen molar-refractivity contribution in [1.29, 1.82) is 0 Å². The molecule has 1 saturated heterocycles. The van der Waals surface area contributed by atoms with Crippen LogP contribution < -0.4 is 9.47 Å². The predicted octanol–water partition coefficient (Wildman–Crippen LogP) is 6.48. The molecular formula is C25H16BrClN2O7S. The maximum atomic E-state index is 13.0. The van der Waals surface area contributed by atoms with Crippen LogP contribution in [0.5, 0.6) is 11.5 Å². The van der Waals surface area contributed by atoms with E-state index in [0.29, 0.717) is 15.1 Å². The number of amides is 2. The molecule has 1 heterocycles. The van der Waals surface area contributed by atoms with Crippen molar-refractivity contribution in [1.82, 2.24) is 4.90 Å². The summed E-state index contributed by atoms with van der Waals surface area (Å²) < 4.78 is 11.3. The molecule has 1 aliphatic rings. The lowest BCUT2D eigenvalue weighted by atomic mass is 10.1. The number of methoxy groups -OCH3 is 1. The fraction of sp³-hybridized carbons (Fsp3) is 0.0800. The summed E-state index contributed by atoms with van der Waals surface area (Å²) in [5.41, 5.74) is 0.844. The third-order valence-corrected chi connectivity index (χ3v) is 6.96. The molecule has 1 aliphatic heterocycles. The third kappa shape index (κ3) is 5.85. The number of imide groups is 1. The molecule has 12 heteroatoms. The van der Waals surface area contributed by atoms with E-state index in [1.165, 1.54) is 43.5 Å². The summed E-state index contributed by atoms with van der Waals surface area (Å²) in [5, 5.41) is 11.2. The minimum Gasteiger partial charge on any atom is -0.493 e. The Labute approximate surface area is 228 Å². The number of nitro groups is 1. The van der Waals surface area contributed by atoms with Crippen LogP contribution in [-0.4, -0.2) is 34.0 Å². The minimum absolute atomic E-state index is 0.128. The van der Waals surface area contributed by atoms with Crippen LogP contribution in [0.1, 0.15) is 21.5 Å². The SMILES string of the molecule is COc1cc(/C=C2\SC(=O)N(Cc3ccccc3[N+](=O)[O-])C2=O)cc(Br)c1OC(=O)c1ccc(Cl)cc1. The topological polar surface area (TPSA) is 116 Å². The van der Waals surface area contributed by atoms with Crippen LogP contribution in [0.4, 0.5) is 10.5 Å². The van der Waals surface area contributed by atoms with Gasteiger partial charge in [-0.15, -0.1) is 0 Å².